The first-order valence-electron chi connectivity index (χ1n) is 18.8. The number of aromatic nitrogens is 5. The van der Waals surface area contributed by atoms with Crippen molar-refractivity contribution in [2.45, 2.75) is 57.9 Å². The first-order valence-corrected chi connectivity index (χ1v) is 19.5. The van der Waals surface area contributed by atoms with Crippen molar-refractivity contribution >= 4 is 51.7 Å². The molecule has 0 saturated heterocycles. The maximum atomic E-state index is 13.9. The molecule has 8 rings (SSSR count). The van der Waals surface area contributed by atoms with Crippen molar-refractivity contribution < 1.29 is 23.0 Å². The lowest BCUT2D eigenvalue weighted by Crippen LogP contribution is -2.38. The van der Waals surface area contributed by atoms with Crippen LogP contribution in [0.2, 0.25) is 10.0 Å². The zero-order valence-electron chi connectivity index (χ0n) is 31.9. The first kappa shape index (κ1) is 38.9. The zero-order valence-corrected chi connectivity index (χ0v) is 33.4. The van der Waals surface area contributed by atoms with E-state index in [1.807, 2.05) is 18.2 Å². The predicted molar refractivity (Wildman–Crippen MR) is 214 cm³/mol. The van der Waals surface area contributed by atoms with Gasteiger partial charge in [0.1, 0.15) is 11.2 Å². The number of methoxy groups -OCH3 is 2. The molecule has 12 nitrogen and oxygen atoms in total. The molecule has 2 fully saturated rings. The summed E-state index contributed by atoms with van der Waals surface area (Å²) in [5.41, 5.74) is 2.97. The number of hydrogen-bond donors (Lipinski definition) is 1. The number of esters is 1. The van der Waals surface area contributed by atoms with Crippen molar-refractivity contribution in [1.29, 1.82) is 0 Å². The maximum absolute atomic E-state index is 13.9. The predicted octanol–water partition coefficient (Wildman–Crippen LogP) is 7.62. The van der Waals surface area contributed by atoms with Crippen LogP contribution in [0.25, 0.3) is 33.4 Å². The zero-order chi connectivity index (χ0) is 40.4. The number of hydrogen-bond acceptors (Lipinski definition) is 10. The fourth-order valence-electron chi connectivity index (χ4n) is 9.22. The summed E-state index contributed by atoms with van der Waals surface area (Å²) in [6.45, 7) is 2.53. The summed E-state index contributed by atoms with van der Waals surface area (Å²) in [5, 5.41) is 3.36. The van der Waals surface area contributed by atoms with E-state index in [2.05, 4.69) is 26.3 Å². The fourth-order valence-corrected chi connectivity index (χ4v) is 9.82. The van der Waals surface area contributed by atoms with Crippen molar-refractivity contribution in [2.75, 3.05) is 32.6 Å². The number of benzene rings is 2. The van der Waals surface area contributed by atoms with E-state index in [-0.39, 0.29) is 44.4 Å². The van der Waals surface area contributed by atoms with Crippen LogP contribution in [0.1, 0.15) is 61.9 Å². The minimum Gasteiger partial charge on any atom is -0.481 e. The molecule has 4 heterocycles. The largest absolute Gasteiger partial charge is 0.481 e. The number of carbonyl (C=O) groups excluding carboxylic acids is 1. The molecule has 0 radical (unpaired) electrons. The van der Waals surface area contributed by atoms with Crippen LogP contribution in [-0.4, -0.2) is 62.3 Å². The summed E-state index contributed by atoms with van der Waals surface area (Å²) in [6.07, 6.45) is 3.60. The lowest BCUT2D eigenvalue weighted by atomic mass is 9.80. The molecule has 2 aromatic carbocycles. The summed E-state index contributed by atoms with van der Waals surface area (Å²) in [5.74, 6) is -0.600. The Morgan fingerprint density at radius 2 is 1.65 bits per heavy atom. The number of nitrogens with zero attached hydrogens (tertiary/aromatic N) is 6. The van der Waals surface area contributed by atoms with E-state index in [1.54, 1.807) is 25.3 Å². The Hall–Kier alpha value is -4.92. The van der Waals surface area contributed by atoms with Gasteiger partial charge in [0, 0.05) is 49.4 Å². The third kappa shape index (κ3) is 6.64. The van der Waals surface area contributed by atoms with E-state index >= 15 is 0 Å². The molecule has 5 aromatic rings. The molecular weight excluding hydrogens is 779 g/mol. The van der Waals surface area contributed by atoms with Gasteiger partial charge in [-0.1, -0.05) is 53.5 Å². The number of halogens is 4. The third-order valence-corrected chi connectivity index (χ3v) is 13.1. The van der Waals surface area contributed by atoms with Crippen LogP contribution >= 0.6 is 23.2 Å². The summed E-state index contributed by atoms with van der Waals surface area (Å²) >= 11 is 14.2. The Labute approximate surface area is 336 Å². The highest BCUT2D eigenvalue weighted by Gasteiger charge is 2.58. The molecule has 0 atom stereocenters. The van der Waals surface area contributed by atoms with Crippen LogP contribution < -0.4 is 21.3 Å². The van der Waals surface area contributed by atoms with Gasteiger partial charge in [0.2, 0.25) is 5.88 Å². The molecule has 3 aliphatic rings. The highest BCUT2D eigenvalue weighted by molar-refractivity contribution is 6.39. The van der Waals surface area contributed by atoms with E-state index in [0.717, 1.165) is 84.8 Å². The second-order valence-electron chi connectivity index (χ2n) is 15.5. The summed E-state index contributed by atoms with van der Waals surface area (Å²) < 4.78 is 40.8. The average molecular weight is 821 g/mol. The molecule has 2 aliphatic carbocycles. The van der Waals surface area contributed by atoms with Gasteiger partial charge in [0.05, 0.1) is 41.1 Å². The maximum Gasteiger partial charge on any atom is 0.332 e. The van der Waals surface area contributed by atoms with Crippen LogP contribution in [0.3, 0.4) is 0 Å². The molecule has 0 amide bonds. The van der Waals surface area contributed by atoms with Gasteiger partial charge in [-0.25, -0.2) is 28.5 Å². The molecule has 16 heteroatoms. The molecule has 0 spiro atoms. The van der Waals surface area contributed by atoms with Gasteiger partial charge in [0.25, 0.3) is 12.0 Å². The SMILES string of the molecule is COC(=O)C12CCC(CCN3CCc4c(cc(-c5cccc(-c6cccc(Nc7nc(C(F)F)nc8c7c(=O)n(C)c(=O)n8C)c6Cl)c5Cl)nc4OC)C3)(CC1)C2. The van der Waals surface area contributed by atoms with Crippen LogP contribution in [0.5, 0.6) is 5.88 Å². The lowest BCUT2D eigenvalue weighted by Gasteiger charge is -2.33. The number of nitrogens with one attached hydrogen (secondary N) is 1. The highest BCUT2D eigenvalue weighted by Crippen LogP contribution is 2.63. The average Bonchev–Trinajstić information content (AvgIpc) is 3.79. The van der Waals surface area contributed by atoms with Crippen LogP contribution in [-0.2, 0) is 36.6 Å². The molecule has 1 aliphatic heterocycles. The molecule has 298 valence electrons. The van der Waals surface area contributed by atoms with Crippen LogP contribution in [0, 0.1) is 10.8 Å². The normalized spacial score (nSPS) is 20.3. The Bertz CT molecular complexity index is 2570. The van der Waals surface area contributed by atoms with Gasteiger partial charge in [-0.3, -0.25) is 23.6 Å². The monoisotopic (exact) mass is 819 g/mol. The van der Waals surface area contributed by atoms with Gasteiger partial charge in [0.15, 0.2) is 11.5 Å². The molecule has 57 heavy (non-hydrogen) atoms. The van der Waals surface area contributed by atoms with E-state index < -0.39 is 23.5 Å². The summed E-state index contributed by atoms with van der Waals surface area (Å²) in [7, 11) is 5.73. The number of alkyl halides is 2. The standard InChI is InChI=1S/C41H41Cl2F2N7O5/c1-50-35-29(37(53)51(2)39(50)55)33(48-34(49-35)32(44)45)46-27-10-6-8-25(31(27)43)24-7-5-9-26(30(24)42)28-19-22-20-52(17-11-23(22)36(47-28)56-3)18-16-40-12-14-41(21-40,15-13-40)38(54)57-4/h5-10,19,32H,11-18,20-21H2,1-4H3,(H,46,48,49). The number of ether oxygens (including phenoxy) is 2. The fraction of sp³-hybridized carbons (Fsp3) is 0.415. The number of pyridine rings is 1. The molecule has 2 bridgehead atoms. The quantitative estimate of drug-likeness (QED) is 0.140. The summed E-state index contributed by atoms with van der Waals surface area (Å²) in [6, 6.07) is 12.7. The van der Waals surface area contributed by atoms with Crippen molar-refractivity contribution in [1.82, 2.24) is 29.0 Å². The van der Waals surface area contributed by atoms with Crippen molar-refractivity contribution in [3.63, 3.8) is 0 Å². The van der Waals surface area contributed by atoms with Gasteiger partial charge in [-0.05, 0) is 74.6 Å². The number of fused-ring (bicyclic) bond motifs is 4. The number of carbonyl (C=O) groups is 1. The second-order valence-corrected chi connectivity index (χ2v) is 16.2. The Morgan fingerprint density at radius 1 is 0.947 bits per heavy atom. The Balaban J connectivity index is 1.09. The van der Waals surface area contributed by atoms with Crippen LogP contribution in [0.15, 0.2) is 52.1 Å². The minimum atomic E-state index is -3.08. The van der Waals surface area contributed by atoms with Gasteiger partial charge in [-0.2, -0.15) is 0 Å². The summed E-state index contributed by atoms with van der Waals surface area (Å²) in [4.78, 5) is 53.6. The molecule has 1 N–H and O–H groups in total. The Kier molecular flexibility index (Phi) is 10.1. The minimum absolute atomic E-state index is 0.0554. The first-order chi connectivity index (χ1) is 27.3. The highest BCUT2D eigenvalue weighted by atomic mass is 35.5. The van der Waals surface area contributed by atoms with Crippen molar-refractivity contribution in [2.24, 2.45) is 24.9 Å². The van der Waals surface area contributed by atoms with Crippen LogP contribution in [0.4, 0.5) is 20.3 Å². The molecular formula is C41H41Cl2F2N7O5. The van der Waals surface area contributed by atoms with E-state index in [0.29, 0.717) is 33.3 Å². The van der Waals surface area contributed by atoms with Crippen molar-refractivity contribution in [3.05, 3.63) is 90.3 Å². The third-order valence-electron chi connectivity index (χ3n) is 12.3. The lowest BCUT2D eigenvalue weighted by molar-refractivity contribution is -0.152. The second kappa shape index (κ2) is 14.8. The molecule has 3 aromatic heterocycles. The van der Waals surface area contributed by atoms with E-state index in [9.17, 15) is 23.2 Å². The Morgan fingerprint density at radius 3 is 2.35 bits per heavy atom. The van der Waals surface area contributed by atoms with Gasteiger partial charge < -0.3 is 14.8 Å². The topological polar surface area (TPSA) is 133 Å². The van der Waals surface area contributed by atoms with E-state index in [4.69, 9.17) is 37.7 Å². The smallest absolute Gasteiger partial charge is 0.332 e. The number of anilines is 2. The van der Waals surface area contributed by atoms with Gasteiger partial charge >= 0.3 is 11.7 Å². The molecule has 0 unspecified atom stereocenters. The van der Waals surface area contributed by atoms with E-state index in [1.165, 1.54) is 21.2 Å². The number of rotatable bonds is 10. The molecule has 2 saturated carbocycles. The number of aryl methyl sites for hydroxylation is 1. The van der Waals surface area contributed by atoms with Gasteiger partial charge in [-0.15, -0.1) is 0 Å². The van der Waals surface area contributed by atoms with Crippen molar-refractivity contribution in [3.8, 4) is 28.3 Å².